The number of nitrogens with two attached hydrogens (primary N) is 2. The number of benzene rings is 3. The number of nitrogens with zero attached hydrogens (tertiary/aromatic N) is 5. The van der Waals surface area contributed by atoms with Gasteiger partial charge in [-0.25, -0.2) is 14.6 Å². The molecule has 70 heavy (non-hydrogen) atoms. The molecule has 6 amide bonds. The Balaban J connectivity index is 1.24. The minimum atomic E-state index is -1.43. The van der Waals surface area contributed by atoms with Crippen LogP contribution in [0.3, 0.4) is 0 Å². The molecule has 0 bridgehead atoms. The summed E-state index contributed by atoms with van der Waals surface area (Å²) >= 11 is 0. The molecule has 0 unspecified atom stereocenters. The molecule has 3 aliphatic heterocycles. The summed E-state index contributed by atoms with van der Waals surface area (Å²) in [5, 5.41) is 5.30. The molecular formula is C53H67N9O8. The molecule has 3 aliphatic rings. The average Bonchev–Trinajstić information content (AvgIpc) is 4.13. The van der Waals surface area contributed by atoms with E-state index < -0.39 is 59.0 Å². The third-order valence-corrected chi connectivity index (χ3v) is 14.5. The lowest BCUT2D eigenvalue weighted by atomic mass is 9.84. The van der Waals surface area contributed by atoms with Gasteiger partial charge in [0.05, 0.1) is 26.3 Å². The Morgan fingerprint density at radius 2 is 1.04 bits per heavy atom. The van der Waals surface area contributed by atoms with E-state index in [0.717, 1.165) is 46.6 Å². The van der Waals surface area contributed by atoms with E-state index in [1.165, 1.54) is 24.0 Å². The van der Waals surface area contributed by atoms with E-state index in [1.807, 2.05) is 107 Å². The number of hydrogen-bond acceptors (Lipinski definition) is 11. The number of hydrogen-bond donors (Lipinski definition) is 4. The smallest absolute Gasteiger partial charge is 0.407 e. The van der Waals surface area contributed by atoms with Crippen LogP contribution in [-0.2, 0) is 39.7 Å². The lowest BCUT2D eigenvalue weighted by Crippen LogP contribution is -2.59. The van der Waals surface area contributed by atoms with Crippen LogP contribution in [0.25, 0.3) is 11.1 Å². The number of methoxy groups -OCH3 is 2. The molecule has 17 heteroatoms. The van der Waals surface area contributed by atoms with Gasteiger partial charge in [0.25, 0.3) is 0 Å². The van der Waals surface area contributed by atoms with Gasteiger partial charge >= 0.3 is 12.2 Å². The lowest BCUT2D eigenvalue weighted by molar-refractivity contribution is -0.146. The highest BCUT2D eigenvalue weighted by molar-refractivity contribution is 5.96. The highest BCUT2D eigenvalue weighted by atomic mass is 16.5. The maximum Gasteiger partial charge on any atom is 0.407 e. The fraction of sp³-hybridized carbons (Fsp3) is 0.453. The largest absolute Gasteiger partial charge is 0.453 e. The fourth-order valence-corrected chi connectivity index (χ4v) is 10.8. The molecular weight excluding hydrogens is 891 g/mol. The number of aromatic nitrogens is 1. The minimum Gasteiger partial charge on any atom is -0.453 e. The number of alkyl carbamates (subject to hydrolysis) is 2. The van der Waals surface area contributed by atoms with Gasteiger partial charge in [-0.2, -0.15) is 0 Å². The zero-order valence-corrected chi connectivity index (χ0v) is 41.4. The maximum absolute atomic E-state index is 14.2. The zero-order chi connectivity index (χ0) is 50.7. The Kier molecular flexibility index (Phi) is 15.1. The molecule has 1 aromatic heterocycles. The molecule has 3 saturated heterocycles. The summed E-state index contributed by atoms with van der Waals surface area (Å²) in [6, 6.07) is 25.9. The molecule has 0 aliphatic carbocycles. The molecule has 3 aromatic carbocycles. The highest BCUT2D eigenvalue weighted by Gasteiger charge is 2.53. The van der Waals surface area contributed by atoms with Crippen LogP contribution in [-0.4, -0.2) is 104 Å². The van der Waals surface area contributed by atoms with Crippen molar-refractivity contribution in [2.45, 2.75) is 101 Å². The molecule has 3 fully saturated rings. The molecule has 4 aromatic rings. The van der Waals surface area contributed by atoms with Crippen LogP contribution in [0.1, 0.15) is 101 Å². The maximum atomic E-state index is 14.2. The third-order valence-electron chi connectivity index (χ3n) is 14.5. The van der Waals surface area contributed by atoms with Gasteiger partial charge in [0, 0.05) is 44.6 Å². The first-order valence-electron chi connectivity index (χ1n) is 24.0. The Hall–Kier alpha value is -7.17. The van der Waals surface area contributed by atoms with Crippen LogP contribution in [0, 0.1) is 11.8 Å². The standard InChI is InChI=1S/C53H67N9O8/c1-32(2)44(57-50(67)69-7)46(63)60-29-9-27-52(60,48(54)65)38-18-11-35(12-19-38)41-24-25-42(62(41)40-22-15-34(16-23-40)37-17-26-43(56-31-37)59(5)6)36-13-20-39(21-14-36)53(49(55)66)28-10-30-61(53)47(64)45(33(3)4)58-51(68)70-8/h11-23,26,31-33,41-42,44-45H,9-10,24-25,27-30H2,1-8H3,(H2,54,65)(H2,55,66)(H,57,67)(H,58,68)/t41-,42-,44-,45-,52-,53-/m0/s1. The Morgan fingerprint density at radius 1 is 0.629 bits per heavy atom. The number of carbonyl (C=O) groups excluding carboxylic acids is 6. The van der Waals surface area contributed by atoms with Crippen LogP contribution in [0.2, 0.25) is 0 Å². The molecule has 4 heterocycles. The second-order valence-corrected chi connectivity index (χ2v) is 19.5. The van der Waals surface area contributed by atoms with Crippen molar-refractivity contribution < 1.29 is 38.2 Å². The van der Waals surface area contributed by atoms with Crippen molar-refractivity contribution in [3.05, 3.63) is 113 Å². The van der Waals surface area contributed by atoms with Crippen molar-refractivity contribution in [3.8, 4) is 11.1 Å². The Labute approximate surface area is 410 Å². The van der Waals surface area contributed by atoms with Crippen LogP contribution < -0.4 is 31.9 Å². The number of pyridine rings is 1. The number of ether oxygens (including phenoxy) is 2. The number of anilines is 2. The van der Waals surface area contributed by atoms with E-state index in [2.05, 4.69) is 50.8 Å². The monoisotopic (exact) mass is 958 g/mol. The molecule has 17 nitrogen and oxygen atoms in total. The van der Waals surface area contributed by atoms with Crippen LogP contribution in [0.5, 0.6) is 0 Å². The van der Waals surface area contributed by atoms with E-state index >= 15 is 0 Å². The van der Waals surface area contributed by atoms with E-state index in [0.29, 0.717) is 36.8 Å². The van der Waals surface area contributed by atoms with Crippen molar-refractivity contribution in [3.63, 3.8) is 0 Å². The normalized spacial score (nSPS) is 21.9. The average molecular weight is 958 g/mol. The van der Waals surface area contributed by atoms with Crippen LogP contribution >= 0.6 is 0 Å². The molecule has 0 saturated carbocycles. The van der Waals surface area contributed by atoms with Crippen LogP contribution in [0.4, 0.5) is 21.1 Å². The number of likely N-dealkylation sites (tertiary alicyclic amines) is 2. The molecule has 0 radical (unpaired) electrons. The van der Waals surface area contributed by atoms with Crippen molar-refractivity contribution in [2.75, 3.05) is 51.2 Å². The molecule has 6 atom stereocenters. The van der Waals surface area contributed by atoms with Gasteiger partial charge in [-0.1, -0.05) is 88.4 Å². The second kappa shape index (κ2) is 20.8. The predicted molar refractivity (Wildman–Crippen MR) is 266 cm³/mol. The summed E-state index contributed by atoms with van der Waals surface area (Å²) in [5.74, 6) is -1.85. The highest BCUT2D eigenvalue weighted by Crippen LogP contribution is 2.49. The summed E-state index contributed by atoms with van der Waals surface area (Å²) in [4.78, 5) is 92.2. The molecule has 0 spiro atoms. The topological polar surface area (TPSA) is 223 Å². The Morgan fingerprint density at radius 3 is 1.39 bits per heavy atom. The van der Waals surface area contributed by atoms with Gasteiger partial charge in [0.1, 0.15) is 29.0 Å². The van der Waals surface area contributed by atoms with Crippen molar-refractivity contribution >= 4 is 47.3 Å². The number of carbonyl (C=O) groups is 6. The summed E-state index contributed by atoms with van der Waals surface area (Å²) in [5.41, 5.74) is 15.7. The lowest BCUT2D eigenvalue weighted by Gasteiger charge is -2.39. The van der Waals surface area contributed by atoms with E-state index in [-0.39, 0.29) is 37.0 Å². The summed E-state index contributed by atoms with van der Waals surface area (Å²) in [7, 11) is 6.37. The molecule has 6 N–H and O–H groups in total. The van der Waals surface area contributed by atoms with Gasteiger partial charge < -0.3 is 51.2 Å². The number of rotatable bonds is 15. The SMILES string of the molecule is COC(=O)N[C@H](C(=O)N1CCC[C@@]1(C(N)=O)c1ccc([C@@H]2CC[C@@H](c3ccc([C@]4(C(N)=O)CCCN4C(=O)[C@@H](NC(=O)OC)C(C)C)cc3)N2c2ccc(-c3ccc(N(C)C)nc3)cc2)cc1)C(C)C. The van der Waals surface area contributed by atoms with E-state index in [1.54, 1.807) is 0 Å². The van der Waals surface area contributed by atoms with Gasteiger partial charge in [0.2, 0.25) is 23.6 Å². The predicted octanol–water partition coefficient (Wildman–Crippen LogP) is 6.26. The third kappa shape index (κ3) is 9.45. The fourth-order valence-electron chi connectivity index (χ4n) is 10.8. The quantitative estimate of drug-likeness (QED) is 0.104. The van der Waals surface area contributed by atoms with Gasteiger partial charge in [-0.15, -0.1) is 0 Å². The molecule has 372 valence electrons. The Bertz CT molecular complexity index is 2420. The number of nitrogens with one attached hydrogen (secondary N) is 2. The first kappa shape index (κ1) is 50.7. The van der Waals surface area contributed by atoms with Gasteiger partial charge in [0.15, 0.2) is 0 Å². The van der Waals surface area contributed by atoms with E-state index in [4.69, 9.17) is 20.9 Å². The van der Waals surface area contributed by atoms with Crippen molar-refractivity contribution in [1.29, 1.82) is 0 Å². The van der Waals surface area contributed by atoms with E-state index in [9.17, 15) is 28.8 Å². The minimum absolute atomic E-state index is 0.124. The van der Waals surface area contributed by atoms with Gasteiger partial charge in [-0.05, 0) is 102 Å². The van der Waals surface area contributed by atoms with Gasteiger partial charge in [-0.3, -0.25) is 19.2 Å². The van der Waals surface area contributed by atoms with Crippen LogP contribution in [0.15, 0.2) is 91.1 Å². The zero-order valence-electron chi connectivity index (χ0n) is 41.4. The van der Waals surface area contributed by atoms with Crippen molar-refractivity contribution in [1.82, 2.24) is 25.4 Å². The first-order chi connectivity index (χ1) is 33.4. The summed E-state index contributed by atoms with van der Waals surface area (Å²) < 4.78 is 9.63. The van der Waals surface area contributed by atoms with Crippen molar-refractivity contribution in [2.24, 2.45) is 23.3 Å². The number of amides is 6. The summed E-state index contributed by atoms with van der Waals surface area (Å²) in [6.07, 6.45) is 3.66. The summed E-state index contributed by atoms with van der Waals surface area (Å²) in [6.45, 7) is 7.85. The second-order valence-electron chi connectivity index (χ2n) is 19.5. The first-order valence-corrected chi connectivity index (χ1v) is 24.0. The number of primary amides is 2. The molecule has 7 rings (SSSR count).